The molecule has 0 aromatic heterocycles. The third-order valence-corrected chi connectivity index (χ3v) is 4.00. The Morgan fingerprint density at radius 3 is 2.53 bits per heavy atom. The van der Waals surface area contributed by atoms with E-state index < -0.39 is 0 Å². The SMILES string of the molecule is CC1(C)CNCCC1NC(=O)c1cc(Cl)cc(Cl)c1. The van der Waals surface area contributed by atoms with Crippen LogP contribution in [0.25, 0.3) is 0 Å². The maximum atomic E-state index is 12.3. The van der Waals surface area contributed by atoms with Crippen molar-refractivity contribution in [2.45, 2.75) is 26.3 Å². The van der Waals surface area contributed by atoms with Crippen LogP contribution >= 0.6 is 23.2 Å². The van der Waals surface area contributed by atoms with Gasteiger partial charge in [0, 0.05) is 28.2 Å². The molecule has 0 aliphatic carbocycles. The number of piperidine rings is 1. The minimum atomic E-state index is -0.121. The molecule has 1 aliphatic rings. The van der Waals surface area contributed by atoms with E-state index >= 15 is 0 Å². The van der Waals surface area contributed by atoms with Gasteiger partial charge < -0.3 is 10.6 Å². The molecule has 0 radical (unpaired) electrons. The summed E-state index contributed by atoms with van der Waals surface area (Å²) in [4.78, 5) is 12.3. The lowest BCUT2D eigenvalue weighted by atomic mass is 9.80. The van der Waals surface area contributed by atoms with Crippen LogP contribution in [0, 0.1) is 5.41 Å². The predicted molar refractivity (Wildman–Crippen MR) is 79.0 cm³/mol. The molecule has 3 nitrogen and oxygen atoms in total. The van der Waals surface area contributed by atoms with Gasteiger partial charge in [0.15, 0.2) is 0 Å². The number of benzene rings is 1. The zero-order chi connectivity index (χ0) is 14.0. The van der Waals surface area contributed by atoms with Crippen LogP contribution < -0.4 is 10.6 Å². The predicted octanol–water partition coefficient (Wildman–Crippen LogP) is 3.11. The largest absolute Gasteiger partial charge is 0.349 e. The Morgan fingerprint density at radius 1 is 1.32 bits per heavy atom. The molecule has 19 heavy (non-hydrogen) atoms. The highest BCUT2D eigenvalue weighted by Gasteiger charge is 2.33. The standard InChI is InChI=1S/C14H18Cl2N2O/c1-14(2)8-17-4-3-12(14)18-13(19)9-5-10(15)7-11(16)6-9/h5-7,12,17H,3-4,8H2,1-2H3,(H,18,19). The molecule has 5 heteroatoms. The summed E-state index contributed by atoms with van der Waals surface area (Å²) in [5, 5.41) is 7.37. The van der Waals surface area contributed by atoms with E-state index in [-0.39, 0.29) is 17.4 Å². The summed E-state index contributed by atoms with van der Waals surface area (Å²) in [7, 11) is 0. The minimum Gasteiger partial charge on any atom is -0.349 e. The van der Waals surface area contributed by atoms with E-state index in [2.05, 4.69) is 24.5 Å². The van der Waals surface area contributed by atoms with Crippen molar-refractivity contribution in [1.82, 2.24) is 10.6 Å². The first-order valence-electron chi connectivity index (χ1n) is 6.36. The molecule has 1 saturated heterocycles. The number of hydrogen-bond donors (Lipinski definition) is 2. The van der Waals surface area contributed by atoms with Gasteiger partial charge in [0.25, 0.3) is 5.91 Å². The molecule has 1 atom stereocenters. The van der Waals surface area contributed by atoms with Crippen LogP contribution in [0.15, 0.2) is 18.2 Å². The lowest BCUT2D eigenvalue weighted by Crippen LogP contribution is -2.54. The maximum absolute atomic E-state index is 12.3. The fourth-order valence-electron chi connectivity index (χ4n) is 2.36. The van der Waals surface area contributed by atoms with E-state index in [1.807, 2.05) is 0 Å². The van der Waals surface area contributed by atoms with E-state index in [0.29, 0.717) is 15.6 Å². The van der Waals surface area contributed by atoms with E-state index in [9.17, 15) is 4.79 Å². The number of rotatable bonds is 2. The molecule has 1 unspecified atom stereocenters. The van der Waals surface area contributed by atoms with Gasteiger partial charge in [-0.2, -0.15) is 0 Å². The van der Waals surface area contributed by atoms with Gasteiger partial charge in [-0.1, -0.05) is 37.0 Å². The first-order valence-corrected chi connectivity index (χ1v) is 7.12. The second-order valence-electron chi connectivity index (χ2n) is 5.64. The summed E-state index contributed by atoms with van der Waals surface area (Å²) >= 11 is 11.8. The number of amides is 1. The van der Waals surface area contributed by atoms with Crippen LogP contribution in [0.2, 0.25) is 10.0 Å². The summed E-state index contributed by atoms with van der Waals surface area (Å²) in [6.45, 7) is 6.11. The van der Waals surface area contributed by atoms with Crippen molar-refractivity contribution in [2.24, 2.45) is 5.41 Å². The highest BCUT2D eigenvalue weighted by atomic mass is 35.5. The minimum absolute atomic E-state index is 0.0380. The quantitative estimate of drug-likeness (QED) is 0.881. The third-order valence-electron chi connectivity index (χ3n) is 3.56. The lowest BCUT2D eigenvalue weighted by Gasteiger charge is -2.39. The Hall–Kier alpha value is -0.770. The first-order chi connectivity index (χ1) is 8.88. The number of halogens is 2. The van der Waals surface area contributed by atoms with E-state index in [1.54, 1.807) is 18.2 Å². The molecule has 1 heterocycles. The zero-order valence-electron chi connectivity index (χ0n) is 11.1. The van der Waals surface area contributed by atoms with Crippen molar-refractivity contribution in [3.8, 4) is 0 Å². The number of hydrogen-bond acceptors (Lipinski definition) is 2. The van der Waals surface area contributed by atoms with Crippen LogP contribution in [0.3, 0.4) is 0 Å². The number of carbonyl (C=O) groups is 1. The van der Waals surface area contributed by atoms with Crippen molar-refractivity contribution in [3.05, 3.63) is 33.8 Å². The molecule has 104 valence electrons. The van der Waals surface area contributed by atoms with E-state index in [0.717, 1.165) is 19.5 Å². The molecular weight excluding hydrogens is 283 g/mol. The smallest absolute Gasteiger partial charge is 0.251 e. The molecule has 1 aliphatic heterocycles. The van der Waals surface area contributed by atoms with Gasteiger partial charge >= 0.3 is 0 Å². The average Bonchev–Trinajstić information content (AvgIpc) is 2.30. The summed E-state index contributed by atoms with van der Waals surface area (Å²) < 4.78 is 0. The van der Waals surface area contributed by atoms with Crippen molar-refractivity contribution < 1.29 is 4.79 Å². The molecular formula is C14H18Cl2N2O. The van der Waals surface area contributed by atoms with E-state index in [1.165, 1.54) is 0 Å². The van der Waals surface area contributed by atoms with Crippen molar-refractivity contribution in [2.75, 3.05) is 13.1 Å². The van der Waals surface area contributed by atoms with Crippen LogP contribution in [0.4, 0.5) is 0 Å². The Bertz CT molecular complexity index is 468. The van der Waals surface area contributed by atoms with Gasteiger partial charge in [-0.05, 0) is 36.6 Å². The van der Waals surface area contributed by atoms with Gasteiger partial charge in [0.1, 0.15) is 0 Å². The van der Waals surface area contributed by atoms with Crippen LogP contribution in [-0.4, -0.2) is 25.0 Å². The summed E-state index contributed by atoms with van der Waals surface area (Å²) in [5.74, 6) is -0.121. The van der Waals surface area contributed by atoms with Gasteiger partial charge in [0.2, 0.25) is 0 Å². The molecule has 2 rings (SSSR count). The van der Waals surface area contributed by atoms with Gasteiger partial charge in [-0.3, -0.25) is 4.79 Å². The summed E-state index contributed by atoms with van der Waals surface area (Å²) in [6, 6.07) is 5.04. The molecule has 2 N–H and O–H groups in total. The van der Waals surface area contributed by atoms with E-state index in [4.69, 9.17) is 23.2 Å². The normalized spacial score (nSPS) is 22.0. The number of carbonyl (C=O) groups excluding carboxylic acids is 1. The monoisotopic (exact) mass is 300 g/mol. The summed E-state index contributed by atoms with van der Waals surface area (Å²) in [5.41, 5.74) is 0.544. The highest BCUT2D eigenvalue weighted by Crippen LogP contribution is 2.26. The Morgan fingerprint density at radius 2 is 1.95 bits per heavy atom. The summed E-state index contributed by atoms with van der Waals surface area (Å²) in [6.07, 6.45) is 0.924. The average molecular weight is 301 g/mol. The zero-order valence-corrected chi connectivity index (χ0v) is 12.6. The fraction of sp³-hybridized carbons (Fsp3) is 0.500. The topological polar surface area (TPSA) is 41.1 Å². The molecule has 1 aromatic rings. The molecule has 1 fully saturated rings. The number of nitrogens with one attached hydrogen (secondary N) is 2. The van der Waals surface area contributed by atoms with Crippen molar-refractivity contribution in [1.29, 1.82) is 0 Å². The Kier molecular flexibility index (Phi) is 4.39. The van der Waals surface area contributed by atoms with Crippen LogP contribution in [0.5, 0.6) is 0 Å². The molecule has 1 amide bonds. The second-order valence-corrected chi connectivity index (χ2v) is 6.51. The fourth-order valence-corrected chi connectivity index (χ4v) is 2.89. The maximum Gasteiger partial charge on any atom is 0.251 e. The van der Waals surface area contributed by atoms with Gasteiger partial charge in [-0.15, -0.1) is 0 Å². The van der Waals surface area contributed by atoms with Crippen molar-refractivity contribution in [3.63, 3.8) is 0 Å². The van der Waals surface area contributed by atoms with Crippen molar-refractivity contribution >= 4 is 29.1 Å². The van der Waals surface area contributed by atoms with Gasteiger partial charge in [-0.25, -0.2) is 0 Å². The second kappa shape index (κ2) is 5.70. The van der Waals surface area contributed by atoms with Crippen LogP contribution in [0.1, 0.15) is 30.6 Å². The lowest BCUT2D eigenvalue weighted by molar-refractivity contribution is 0.0868. The molecule has 0 spiro atoms. The molecule has 0 bridgehead atoms. The van der Waals surface area contributed by atoms with Crippen LogP contribution in [-0.2, 0) is 0 Å². The Labute approximate surface area is 123 Å². The molecule has 1 aromatic carbocycles. The highest BCUT2D eigenvalue weighted by molar-refractivity contribution is 6.35. The Balaban J connectivity index is 2.12. The first kappa shape index (κ1) is 14.6. The third kappa shape index (κ3) is 3.62. The molecule has 0 saturated carbocycles. The van der Waals surface area contributed by atoms with Gasteiger partial charge in [0.05, 0.1) is 0 Å².